The molecule has 0 aliphatic rings. The molecule has 3 nitrogen and oxygen atoms in total. The number of hydrogen-bond acceptors (Lipinski definition) is 2. The summed E-state index contributed by atoms with van der Waals surface area (Å²) < 4.78 is 5.30. The van der Waals surface area contributed by atoms with Crippen LogP contribution in [0, 0.1) is 6.92 Å². The van der Waals surface area contributed by atoms with E-state index in [4.69, 9.17) is 4.74 Å². The van der Waals surface area contributed by atoms with Crippen molar-refractivity contribution in [1.82, 2.24) is 9.97 Å². The van der Waals surface area contributed by atoms with Crippen molar-refractivity contribution in [2.45, 2.75) is 6.92 Å². The van der Waals surface area contributed by atoms with Crippen LogP contribution >= 0.6 is 0 Å². The van der Waals surface area contributed by atoms with Gasteiger partial charge in [-0.15, -0.1) is 0 Å². The molecule has 1 heterocycles. The molecule has 0 saturated carbocycles. The number of aromatic amines is 1. The Morgan fingerprint density at radius 3 is 2.86 bits per heavy atom. The number of aryl methyl sites for hydroxylation is 1. The van der Waals surface area contributed by atoms with Gasteiger partial charge in [0, 0.05) is 11.8 Å². The molecule has 0 atom stereocenters. The zero-order valence-electron chi connectivity index (χ0n) is 8.24. The number of aromatic nitrogens is 2. The largest absolute Gasteiger partial charge is 0.496 e. The standard InChI is InChI=1S/C11H12N2O/c1-8-3-4-9(11(5-8)14-2)10-6-12-7-13-10/h3-7H,1-2H3,(H,12,13). The zero-order valence-corrected chi connectivity index (χ0v) is 8.24. The summed E-state index contributed by atoms with van der Waals surface area (Å²) in [6, 6.07) is 6.07. The third-order valence-electron chi connectivity index (χ3n) is 2.13. The zero-order chi connectivity index (χ0) is 9.97. The summed E-state index contributed by atoms with van der Waals surface area (Å²) in [6.45, 7) is 2.04. The molecule has 0 bridgehead atoms. The second-order valence-corrected chi connectivity index (χ2v) is 3.16. The van der Waals surface area contributed by atoms with E-state index in [2.05, 4.69) is 9.97 Å². The molecule has 0 aliphatic heterocycles. The Labute approximate surface area is 82.8 Å². The lowest BCUT2D eigenvalue weighted by Crippen LogP contribution is -1.88. The first-order chi connectivity index (χ1) is 6.81. The molecule has 14 heavy (non-hydrogen) atoms. The van der Waals surface area contributed by atoms with Crippen molar-refractivity contribution >= 4 is 0 Å². The first-order valence-electron chi connectivity index (χ1n) is 4.45. The Kier molecular flexibility index (Phi) is 2.23. The average Bonchev–Trinajstić information content (AvgIpc) is 2.70. The minimum atomic E-state index is 0.858. The van der Waals surface area contributed by atoms with Gasteiger partial charge < -0.3 is 9.72 Å². The van der Waals surface area contributed by atoms with Crippen LogP contribution in [0.3, 0.4) is 0 Å². The highest BCUT2D eigenvalue weighted by molar-refractivity contribution is 5.67. The van der Waals surface area contributed by atoms with Gasteiger partial charge in [0.05, 0.1) is 19.1 Å². The molecule has 0 aliphatic carbocycles. The lowest BCUT2D eigenvalue weighted by atomic mass is 10.1. The molecule has 0 saturated heterocycles. The number of hydrogen-bond donors (Lipinski definition) is 1. The van der Waals surface area contributed by atoms with Gasteiger partial charge in [0.15, 0.2) is 0 Å². The van der Waals surface area contributed by atoms with Crippen LogP contribution in [0.1, 0.15) is 5.56 Å². The molecular weight excluding hydrogens is 176 g/mol. The van der Waals surface area contributed by atoms with Crippen LogP contribution in [0.25, 0.3) is 11.3 Å². The summed E-state index contributed by atoms with van der Waals surface area (Å²) in [5.41, 5.74) is 3.10. The quantitative estimate of drug-likeness (QED) is 0.785. The number of H-pyrrole nitrogens is 1. The molecule has 0 spiro atoms. The van der Waals surface area contributed by atoms with E-state index in [9.17, 15) is 0 Å². The first-order valence-corrected chi connectivity index (χ1v) is 4.45. The van der Waals surface area contributed by atoms with Crippen molar-refractivity contribution in [2.24, 2.45) is 0 Å². The molecule has 1 aromatic carbocycles. The number of benzene rings is 1. The number of methoxy groups -OCH3 is 1. The number of ether oxygens (including phenoxy) is 1. The van der Waals surface area contributed by atoms with E-state index in [0.29, 0.717) is 0 Å². The van der Waals surface area contributed by atoms with Crippen LogP contribution in [0.5, 0.6) is 5.75 Å². The Morgan fingerprint density at radius 1 is 1.36 bits per heavy atom. The smallest absolute Gasteiger partial charge is 0.128 e. The lowest BCUT2D eigenvalue weighted by Gasteiger charge is -2.06. The summed E-state index contributed by atoms with van der Waals surface area (Å²) in [5.74, 6) is 0.858. The van der Waals surface area contributed by atoms with Crippen molar-refractivity contribution < 1.29 is 4.74 Å². The molecule has 3 heteroatoms. The molecule has 0 fully saturated rings. The number of nitrogens with one attached hydrogen (secondary N) is 1. The third kappa shape index (κ3) is 1.48. The first kappa shape index (κ1) is 8.81. The number of imidazole rings is 1. The van der Waals surface area contributed by atoms with Gasteiger partial charge in [0.25, 0.3) is 0 Å². The Balaban J connectivity index is 2.53. The fourth-order valence-electron chi connectivity index (χ4n) is 1.42. The minimum Gasteiger partial charge on any atom is -0.496 e. The molecule has 0 radical (unpaired) electrons. The van der Waals surface area contributed by atoms with Gasteiger partial charge in [-0.05, 0) is 24.6 Å². The molecule has 2 aromatic rings. The molecular formula is C11H12N2O. The summed E-state index contributed by atoms with van der Waals surface area (Å²) in [4.78, 5) is 7.12. The highest BCUT2D eigenvalue weighted by atomic mass is 16.5. The molecule has 2 rings (SSSR count). The highest BCUT2D eigenvalue weighted by Gasteiger charge is 2.06. The average molecular weight is 188 g/mol. The van der Waals surface area contributed by atoms with E-state index >= 15 is 0 Å². The van der Waals surface area contributed by atoms with Crippen LogP contribution in [-0.4, -0.2) is 17.1 Å². The van der Waals surface area contributed by atoms with Crippen molar-refractivity contribution in [3.05, 3.63) is 36.3 Å². The second-order valence-electron chi connectivity index (χ2n) is 3.16. The van der Waals surface area contributed by atoms with Crippen LogP contribution in [0.4, 0.5) is 0 Å². The lowest BCUT2D eigenvalue weighted by molar-refractivity contribution is 0.416. The van der Waals surface area contributed by atoms with Gasteiger partial charge in [-0.1, -0.05) is 6.07 Å². The van der Waals surface area contributed by atoms with Crippen molar-refractivity contribution in [2.75, 3.05) is 7.11 Å². The van der Waals surface area contributed by atoms with Gasteiger partial charge in [0.2, 0.25) is 0 Å². The van der Waals surface area contributed by atoms with Crippen molar-refractivity contribution in [3.63, 3.8) is 0 Å². The number of nitrogens with zero attached hydrogens (tertiary/aromatic N) is 1. The van der Waals surface area contributed by atoms with Crippen LogP contribution in [-0.2, 0) is 0 Å². The van der Waals surface area contributed by atoms with Crippen LogP contribution in [0.15, 0.2) is 30.7 Å². The summed E-state index contributed by atoms with van der Waals surface area (Å²) in [6.07, 6.45) is 3.52. The van der Waals surface area contributed by atoms with Gasteiger partial charge in [-0.25, -0.2) is 4.98 Å². The predicted molar refractivity (Wildman–Crippen MR) is 55.3 cm³/mol. The topological polar surface area (TPSA) is 37.9 Å². The molecule has 72 valence electrons. The monoisotopic (exact) mass is 188 g/mol. The maximum Gasteiger partial charge on any atom is 0.128 e. The Hall–Kier alpha value is -1.77. The fourth-order valence-corrected chi connectivity index (χ4v) is 1.42. The maximum atomic E-state index is 5.30. The molecule has 0 amide bonds. The molecule has 1 N–H and O–H groups in total. The van der Waals surface area contributed by atoms with E-state index in [0.717, 1.165) is 17.0 Å². The Bertz CT molecular complexity index is 421. The van der Waals surface area contributed by atoms with Gasteiger partial charge in [-0.3, -0.25) is 0 Å². The SMILES string of the molecule is COc1cc(C)ccc1-c1c[nH]cn1. The predicted octanol–water partition coefficient (Wildman–Crippen LogP) is 2.39. The van der Waals surface area contributed by atoms with E-state index < -0.39 is 0 Å². The van der Waals surface area contributed by atoms with Crippen molar-refractivity contribution in [3.8, 4) is 17.0 Å². The molecule has 1 aromatic heterocycles. The van der Waals surface area contributed by atoms with Gasteiger partial charge in [-0.2, -0.15) is 0 Å². The summed E-state index contributed by atoms with van der Waals surface area (Å²) >= 11 is 0. The van der Waals surface area contributed by atoms with Gasteiger partial charge in [0.1, 0.15) is 5.75 Å². The Morgan fingerprint density at radius 2 is 2.21 bits per heavy atom. The van der Waals surface area contributed by atoms with Crippen LogP contribution in [0.2, 0.25) is 0 Å². The number of rotatable bonds is 2. The highest BCUT2D eigenvalue weighted by Crippen LogP contribution is 2.28. The fraction of sp³-hybridized carbons (Fsp3) is 0.182. The summed E-state index contributed by atoms with van der Waals surface area (Å²) in [5, 5.41) is 0. The van der Waals surface area contributed by atoms with Crippen LogP contribution < -0.4 is 4.74 Å². The minimum absolute atomic E-state index is 0.858. The van der Waals surface area contributed by atoms with Crippen molar-refractivity contribution in [1.29, 1.82) is 0 Å². The third-order valence-corrected chi connectivity index (χ3v) is 2.13. The van der Waals surface area contributed by atoms with E-state index in [1.807, 2.05) is 31.3 Å². The normalized spacial score (nSPS) is 10.1. The van der Waals surface area contributed by atoms with Gasteiger partial charge >= 0.3 is 0 Å². The second kappa shape index (κ2) is 3.54. The molecule has 0 unspecified atom stereocenters. The van der Waals surface area contributed by atoms with E-state index in [1.165, 1.54) is 5.56 Å². The van der Waals surface area contributed by atoms with E-state index in [-0.39, 0.29) is 0 Å². The maximum absolute atomic E-state index is 5.30. The van der Waals surface area contributed by atoms with E-state index in [1.54, 1.807) is 13.4 Å². The summed E-state index contributed by atoms with van der Waals surface area (Å²) in [7, 11) is 1.67.